The van der Waals surface area contributed by atoms with Crippen LogP contribution in [0.3, 0.4) is 0 Å². The van der Waals surface area contributed by atoms with Crippen molar-refractivity contribution >= 4 is 16.0 Å². The molecule has 0 aromatic heterocycles. The van der Waals surface area contributed by atoms with Crippen LogP contribution in [-0.2, 0) is 27.1 Å². The molecule has 28 heavy (non-hydrogen) atoms. The summed E-state index contributed by atoms with van der Waals surface area (Å²) >= 11 is 0. The number of halogens is 6. The predicted octanol–water partition coefficient (Wildman–Crippen LogP) is 2.84. The normalized spacial score (nSPS) is 22.4. The van der Waals surface area contributed by atoms with Crippen LogP contribution in [0.25, 0.3) is 0 Å². The Balaban J connectivity index is 2.49. The smallest absolute Gasteiger partial charge is 0.372 e. The number of guanidine groups is 1. The van der Waals surface area contributed by atoms with Crippen molar-refractivity contribution in [2.45, 2.75) is 43.3 Å². The van der Waals surface area contributed by atoms with Crippen LogP contribution >= 0.6 is 0 Å². The lowest BCUT2D eigenvalue weighted by Crippen LogP contribution is -2.51. The molecule has 1 aliphatic heterocycles. The van der Waals surface area contributed by atoms with Gasteiger partial charge in [0.05, 0.1) is 28.2 Å². The Kier molecular flexibility index (Phi) is 5.91. The van der Waals surface area contributed by atoms with Gasteiger partial charge in [0.2, 0.25) is 5.96 Å². The van der Waals surface area contributed by atoms with Crippen molar-refractivity contribution in [3.63, 3.8) is 0 Å². The summed E-state index contributed by atoms with van der Waals surface area (Å²) in [5.74, 6) is -0.548. The third-order valence-corrected chi connectivity index (χ3v) is 5.08. The highest BCUT2D eigenvalue weighted by molar-refractivity contribution is 7.90. The Hall–Kier alpha value is -2.02. The van der Waals surface area contributed by atoms with Crippen LogP contribution in [0.1, 0.15) is 25.0 Å². The molecule has 1 saturated heterocycles. The SMILES string of the molecule is C[C@@H]1CN(C(N)=NS(=O)(=O)c2cc(C(F)(F)F)cc(C(F)(F)F)c2)C[C@@H](C)O1. The van der Waals surface area contributed by atoms with E-state index in [9.17, 15) is 34.8 Å². The molecule has 6 nitrogen and oxygen atoms in total. The average molecular weight is 433 g/mol. The minimum absolute atomic E-state index is 0.0892. The summed E-state index contributed by atoms with van der Waals surface area (Å²) in [6, 6.07) is 0.00919. The van der Waals surface area contributed by atoms with E-state index in [1.165, 1.54) is 4.90 Å². The molecular formula is C15H17F6N3O3S. The lowest BCUT2D eigenvalue weighted by atomic mass is 10.1. The molecule has 0 bridgehead atoms. The quantitative estimate of drug-likeness (QED) is 0.441. The number of rotatable bonds is 2. The zero-order chi connectivity index (χ0) is 21.5. The molecule has 0 aliphatic carbocycles. The van der Waals surface area contributed by atoms with Crippen molar-refractivity contribution in [1.29, 1.82) is 0 Å². The Morgan fingerprint density at radius 3 is 1.86 bits per heavy atom. The maximum absolute atomic E-state index is 12.9. The molecule has 2 atom stereocenters. The van der Waals surface area contributed by atoms with E-state index in [0.29, 0.717) is 0 Å². The van der Waals surface area contributed by atoms with Crippen molar-refractivity contribution < 1.29 is 39.5 Å². The molecule has 2 N–H and O–H groups in total. The van der Waals surface area contributed by atoms with E-state index in [4.69, 9.17) is 10.5 Å². The molecular weight excluding hydrogens is 416 g/mol. The van der Waals surface area contributed by atoms with Crippen molar-refractivity contribution in [2.24, 2.45) is 10.1 Å². The monoisotopic (exact) mass is 433 g/mol. The van der Waals surface area contributed by atoms with Gasteiger partial charge in [0, 0.05) is 13.1 Å². The van der Waals surface area contributed by atoms with Gasteiger partial charge in [0.25, 0.3) is 10.0 Å². The summed E-state index contributed by atoms with van der Waals surface area (Å²) in [5, 5.41) is 0. The molecule has 0 spiro atoms. The van der Waals surface area contributed by atoms with Crippen LogP contribution in [0, 0.1) is 0 Å². The Labute approximate surface area is 157 Å². The molecule has 1 heterocycles. The van der Waals surface area contributed by atoms with Gasteiger partial charge < -0.3 is 15.4 Å². The highest BCUT2D eigenvalue weighted by atomic mass is 32.2. The van der Waals surface area contributed by atoms with E-state index in [-0.39, 0.29) is 43.5 Å². The predicted molar refractivity (Wildman–Crippen MR) is 86.8 cm³/mol. The van der Waals surface area contributed by atoms with Gasteiger partial charge in [0.1, 0.15) is 0 Å². The van der Waals surface area contributed by atoms with E-state index < -0.39 is 44.4 Å². The summed E-state index contributed by atoms with van der Waals surface area (Å²) < 4.78 is 111. The van der Waals surface area contributed by atoms with Gasteiger partial charge in [-0.15, -0.1) is 4.40 Å². The van der Waals surface area contributed by atoms with Gasteiger partial charge in [0.15, 0.2) is 0 Å². The fourth-order valence-electron chi connectivity index (χ4n) is 2.67. The molecule has 1 aromatic carbocycles. The van der Waals surface area contributed by atoms with Crippen molar-refractivity contribution in [3.05, 3.63) is 29.3 Å². The largest absolute Gasteiger partial charge is 0.416 e. The summed E-state index contributed by atoms with van der Waals surface area (Å²) in [6.07, 6.45) is -11.0. The standard InChI is InChI=1S/C15H17F6N3O3S/c1-8-6-24(7-9(2)27-8)13(22)23-28(25,26)12-4-10(14(16,17)18)3-11(5-12)15(19,20)21/h3-5,8-9H,6-7H2,1-2H3,(H2,22,23)/t8-,9-/m1/s1. The van der Waals surface area contributed by atoms with Gasteiger partial charge in [-0.1, -0.05) is 0 Å². The summed E-state index contributed by atoms with van der Waals surface area (Å²) in [7, 11) is -4.93. The van der Waals surface area contributed by atoms with E-state index in [1.54, 1.807) is 13.8 Å². The zero-order valence-corrected chi connectivity index (χ0v) is 15.5. The number of benzene rings is 1. The van der Waals surface area contributed by atoms with Crippen molar-refractivity contribution in [3.8, 4) is 0 Å². The Morgan fingerprint density at radius 2 is 1.46 bits per heavy atom. The summed E-state index contributed by atoms with van der Waals surface area (Å²) in [6.45, 7) is 3.69. The van der Waals surface area contributed by atoms with Crippen LogP contribution in [0.15, 0.2) is 27.5 Å². The van der Waals surface area contributed by atoms with Crippen LogP contribution in [0.5, 0.6) is 0 Å². The van der Waals surface area contributed by atoms with Crippen molar-refractivity contribution in [2.75, 3.05) is 13.1 Å². The third kappa shape index (κ3) is 5.28. The van der Waals surface area contributed by atoms with E-state index >= 15 is 0 Å². The highest BCUT2D eigenvalue weighted by Crippen LogP contribution is 2.37. The number of alkyl halides is 6. The second kappa shape index (κ2) is 7.43. The molecule has 0 amide bonds. The maximum atomic E-state index is 12.9. The molecule has 1 aliphatic rings. The second-order valence-corrected chi connectivity index (χ2v) is 7.93. The fraction of sp³-hybridized carbons (Fsp3) is 0.533. The highest BCUT2D eigenvalue weighted by Gasteiger charge is 2.38. The van der Waals surface area contributed by atoms with Gasteiger partial charge in [-0.05, 0) is 32.0 Å². The molecule has 2 rings (SSSR count). The average Bonchev–Trinajstić information content (AvgIpc) is 2.51. The molecule has 0 unspecified atom stereocenters. The molecule has 1 fully saturated rings. The maximum Gasteiger partial charge on any atom is 0.416 e. The van der Waals surface area contributed by atoms with Crippen molar-refractivity contribution in [1.82, 2.24) is 4.90 Å². The Morgan fingerprint density at radius 1 is 1.04 bits per heavy atom. The first-order valence-corrected chi connectivity index (χ1v) is 9.34. The lowest BCUT2D eigenvalue weighted by Gasteiger charge is -2.35. The summed E-state index contributed by atoms with van der Waals surface area (Å²) in [4.78, 5) is 0.0706. The molecule has 13 heteroatoms. The van der Waals surface area contributed by atoms with E-state index in [1.807, 2.05) is 0 Å². The number of hydrogen-bond acceptors (Lipinski definition) is 3. The number of hydrogen-bond donors (Lipinski definition) is 1. The van der Waals surface area contributed by atoms with Gasteiger partial charge in [-0.3, -0.25) is 0 Å². The molecule has 158 valence electrons. The number of nitrogens with zero attached hydrogens (tertiary/aromatic N) is 2. The molecule has 0 saturated carbocycles. The van der Waals surface area contributed by atoms with Crippen LogP contribution in [0.2, 0.25) is 0 Å². The number of nitrogens with two attached hydrogens (primary N) is 1. The van der Waals surface area contributed by atoms with E-state index in [0.717, 1.165) is 0 Å². The van der Waals surface area contributed by atoms with Gasteiger partial charge in [-0.2, -0.15) is 34.8 Å². The lowest BCUT2D eigenvalue weighted by molar-refractivity contribution is -0.143. The number of morpholine rings is 1. The van der Waals surface area contributed by atoms with Crippen LogP contribution in [-0.4, -0.2) is 44.6 Å². The second-order valence-electron chi connectivity index (χ2n) is 6.33. The Bertz CT molecular complexity index is 825. The first-order valence-electron chi connectivity index (χ1n) is 7.90. The van der Waals surface area contributed by atoms with Crippen LogP contribution < -0.4 is 5.73 Å². The summed E-state index contributed by atoms with van der Waals surface area (Å²) in [5.41, 5.74) is 2.12. The van der Waals surface area contributed by atoms with E-state index in [2.05, 4.69) is 4.40 Å². The molecule has 1 aromatic rings. The minimum atomic E-state index is -5.18. The molecule has 0 radical (unpaired) electrons. The number of sulfonamides is 1. The first-order chi connectivity index (χ1) is 12.6. The fourth-order valence-corrected chi connectivity index (χ4v) is 3.69. The van der Waals surface area contributed by atoms with Gasteiger partial charge >= 0.3 is 12.4 Å². The first kappa shape index (κ1) is 22.3. The third-order valence-electron chi connectivity index (χ3n) is 3.82. The number of ether oxygens (including phenoxy) is 1. The van der Waals surface area contributed by atoms with Gasteiger partial charge in [-0.25, -0.2) is 0 Å². The minimum Gasteiger partial charge on any atom is -0.372 e. The zero-order valence-electron chi connectivity index (χ0n) is 14.7. The topological polar surface area (TPSA) is 85.0 Å². The van der Waals surface area contributed by atoms with Crippen LogP contribution in [0.4, 0.5) is 26.3 Å².